The highest BCUT2D eigenvalue weighted by atomic mass is 32.2. The topological polar surface area (TPSA) is 17.1 Å². The van der Waals surface area contributed by atoms with Gasteiger partial charge in [0.25, 0.3) is 0 Å². The van der Waals surface area contributed by atoms with E-state index in [0.717, 1.165) is 10.3 Å². The molecule has 0 aliphatic rings. The minimum Gasteiger partial charge on any atom is -0.255 e. The highest BCUT2D eigenvalue weighted by Gasteiger charge is 1.97. The van der Waals surface area contributed by atoms with Gasteiger partial charge in [-0.3, -0.25) is 4.21 Å². The average molecular weight is 250 g/mol. The number of hydrogen-bond donors (Lipinski definition) is 0. The van der Waals surface area contributed by atoms with Gasteiger partial charge in [-0.05, 0) is 22.9 Å². The quantitative estimate of drug-likeness (QED) is 0.721. The van der Waals surface area contributed by atoms with Gasteiger partial charge in [-0.1, -0.05) is 58.0 Å². The van der Waals surface area contributed by atoms with Crippen LogP contribution < -0.4 is 0 Å². The van der Waals surface area contributed by atoms with E-state index < -0.39 is 10.8 Å². The fourth-order valence-electron chi connectivity index (χ4n) is 1.35. The van der Waals surface area contributed by atoms with Crippen LogP contribution in [0.25, 0.3) is 10.8 Å². The molecule has 2 rings (SSSR count). The lowest BCUT2D eigenvalue weighted by atomic mass is 10.1. The molecule has 94 valence electrons. The molecule has 0 saturated heterocycles. The summed E-state index contributed by atoms with van der Waals surface area (Å²) in [5, 5.41) is 2.34. The molecule has 0 amide bonds. The fourth-order valence-corrected chi connectivity index (χ4v) is 1.90. The second kappa shape index (κ2) is 8.94. The summed E-state index contributed by atoms with van der Waals surface area (Å²) in [7, 11) is -0.885. The van der Waals surface area contributed by atoms with Crippen molar-refractivity contribution in [3.05, 3.63) is 42.5 Å². The Bertz CT molecular complexity index is 463. The minimum atomic E-state index is -0.885. The number of fused-ring (bicyclic) bond motifs is 1. The zero-order valence-corrected chi connectivity index (χ0v) is 12.2. The van der Waals surface area contributed by atoms with Gasteiger partial charge in [-0.15, -0.1) is 0 Å². The molecule has 0 spiro atoms. The fraction of sp³-hybridized carbons (Fsp3) is 0.333. The Morgan fingerprint density at radius 3 is 1.88 bits per heavy atom. The lowest BCUT2D eigenvalue weighted by Gasteiger charge is -1.99. The van der Waals surface area contributed by atoms with Crippen LogP contribution in [-0.2, 0) is 10.8 Å². The Balaban J connectivity index is 0.000000581. The normalized spacial score (nSPS) is 10.6. The molecule has 0 saturated carbocycles. The van der Waals surface area contributed by atoms with Crippen molar-refractivity contribution in [2.24, 2.45) is 0 Å². The SMILES string of the molecule is CC.CC.CS(=O)c1ccc2ccccc2c1. The van der Waals surface area contributed by atoms with Crippen LogP contribution in [0.15, 0.2) is 47.4 Å². The van der Waals surface area contributed by atoms with Gasteiger partial charge in [0, 0.05) is 22.0 Å². The molecule has 17 heavy (non-hydrogen) atoms. The zero-order valence-electron chi connectivity index (χ0n) is 11.4. The molecule has 0 radical (unpaired) electrons. The molecular weight excluding hydrogens is 228 g/mol. The van der Waals surface area contributed by atoms with Crippen LogP contribution in [0, 0.1) is 0 Å². The lowest BCUT2D eigenvalue weighted by Crippen LogP contribution is -1.86. The first kappa shape index (κ1) is 15.9. The molecule has 2 aromatic carbocycles. The highest BCUT2D eigenvalue weighted by Crippen LogP contribution is 2.16. The highest BCUT2D eigenvalue weighted by molar-refractivity contribution is 7.84. The molecule has 0 N–H and O–H groups in total. The zero-order chi connectivity index (χ0) is 13.3. The monoisotopic (exact) mass is 250 g/mol. The molecule has 0 fully saturated rings. The lowest BCUT2D eigenvalue weighted by molar-refractivity contribution is 0.687. The number of hydrogen-bond acceptors (Lipinski definition) is 1. The summed E-state index contributed by atoms with van der Waals surface area (Å²) in [6.07, 6.45) is 1.70. The van der Waals surface area contributed by atoms with E-state index in [1.807, 2.05) is 64.1 Å². The summed E-state index contributed by atoms with van der Waals surface area (Å²) in [5.74, 6) is 0. The molecule has 0 bridgehead atoms. The minimum absolute atomic E-state index is 0.885. The molecule has 1 atom stereocenters. The summed E-state index contributed by atoms with van der Waals surface area (Å²) in [5.41, 5.74) is 0. The van der Waals surface area contributed by atoms with Gasteiger partial charge in [0.1, 0.15) is 0 Å². The Kier molecular flexibility index (Phi) is 8.34. The van der Waals surface area contributed by atoms with E-state index in [0.29, 0.717) is 0 Å². The van der Waals surface area contributed by atoms with Crippen molar-refractivity contribution in [1.29, 1.82) is 0 Å². The van der Waals surface area contributed by atoms with Crippen LogP contribution in [0.3, 0.4) is 0 Å². The van der Waals surface area contributed by atoms with Crippen molar-refractivity contribution in [1.82, 2.24) is 0 Å². The van der Waals surface area contributed by atoms with Crippen molar-refractivity contribution in [2.75, 3.05) is 6.26 Å². The van der Waals surface area contributed by atoms with E-state index in [9.17, 15) is 4.21 Å². The second-order valence-electron chi connectivity index (χ2n) is 2.96. The van der Waals surface area contributed by atoms with E-state index in [-0.39, 0.29) is 0 Å². The van der Waals surface area contributed by atoms with E-state index in [1.54, 1.807) is 6.26 Å². The van der Waals surface area contributed by atoms with Crippen molar-refractivity contribution in [3.63, 3.8) is 0 Å². The molecule has 0 aliphatic heterocycles. The second-order valence-corrected chi connectivity index (χ2v) is 4.34. The molecular formula is C15H22OS. The Morgan fingerprint density at radius 2 is 1.35 bits per heavy atom. The Morgan fingerprint density at radius 1 is 0.824 bits per heavy atom. The van der Waals surface area contributed by atoms with Crippen LogP contribution in [0.4, 0.5) is 0 Å². The third-order valence-corrected chi connectivity index (χ3v) is 2.97. The maximum atomic E-state index is 11.2. The van der Waals surface area contributed by atoms with Crippen molar-refractivity contribution >= 4 is 21.6 Å². The average Bonchev–Trinajstić information content (AvgIpc) is 2.42. The summed E-state index contributed by atoms with van der Waals surface area (Å²) >= 11 is 0. The van der Waals surface area contributed by atoms with E-state index in [4.69, 9.17) is 0 Å². The smallest absolute Gasteiger partial charge is 0.0498 e. The molecule has 0 aromatic heterocycles. The van der Waals surface area contributed by atoms with Crippen LogP contribution in [0.5, 0.6) is 0 Å². The van der Waals surface area contributed by atoms with Gasteiger partial charge in [0.2, 0.25) is 0 Å². The first-order chi connectivity index (χ1) is 8.27. The Hall–Kier alpha value is -1.15. The van der Waals surface area contributed by atoms with E-state index in [2.05, 4.69) is 6.07 Å². The van der Waals surface area contributed by atoms with Crippen LogP contribution in [0.2, 0.25) is 0 Å². The summed E-state index contributed by atoms with van der Waals surface area (Å²) in [4.78, 5) is 0.888. The third-order valence-electron chi connectivity index (χ3n) is 2.05. The predicted molar refractivity (Wildman–Crippen MR) is 79.0 cm³/mol. The molecule has 2 heteroatoms. The first-order valence-electron chi connectivity index (χ1n) is 6.09. The van der Waals surface area contributed by atoms with Crippen LogP contribution >= 0.6 is 0 Å². The van der Waals surface area contributed by atoms with Gasteiger partial charge >= 0.3 is 0 Å². The molecule has 2 aromatic rings. The van der Waals surface area contributed by atoms with Gasteiger partial charge in [-0.25, -0.2) is 0 Å². The van der Waals surface area contributed by atoms with Gasteiger partial charge in [0.15, 0.2) is 0 Å². The largest absolute Gasteiger partial charge is 0.255 e. The van der Waals surface area contributed by atoms with Gasteiger partial charge < -0.3 is 0 Å². The predicted octanol–water partition coefficient (Wildman–Crippen LogP) is 4.63. The molecule has 1 unspecified atom stereocenters. The van der Waals surface area contributed by atoms with Crippen molar-refractivity contribution in [2.45, 2.75) is 32.6 Å². The van der Waals surface area contributed by atoms with Crippen LogP contribution in [0.1, 0.15) is 27.7 Å². The maximum absolute atomic E-state index is 11.2. The molecule has 0 heterocycles. The molecule has 0 aliphatic carbocycles. The summed E-state index contributed by atoms with van der Waals surface area (Å²) in [6.45, 7) is 8.00. The standard InChI is InChI=1S/C11H10OS.2C2H6/c1-13(12)11-7-6-9-4-2-3-5-10(9)8-11;2*1-2/h2-8H,1H3;2*1-2H3. The summed E-state index contributed by atoms with van der Waals surface area (Å²) in [6, 6.07) is 14.0. The van der Waals surface area contributed by atoms with Crippen molar-refractivity contribution in [3.8, 4) is 0 Å². The van der Waals surface area contributed by atoms with Gasteiger partial charge in [-0.2, -0.15) is 0 Å². The number of benzene rings is 2. The third kappa shape index (κ3) is 4.70. The Labute approximate surface area is 107 Å². The number of rotatable bonds is 1. The van der Waals surface area contributed by atoms with Gasteiger partial charge in [0.05, 0.1) is 0 Å². The van der Waals surface area contributed by atoms with Crippen molar-refractivity contribution < 1.29 is 4.21 Å². The maximum Gasteiger partial charge on any atom is 0.0498 e. The van der Waals surface area contributed by atoms with Crippen LogP contribution in [-0.4, -0.2) is 10.5 Å². The first-order valence-corrected chi connectivity index (χ1v) is 7.65. The molecule has 1 nitrogen and oxygen atoms in total. The van der Waals surface area contributed by atoms with E-state index in [1.165, 1.54) is 5.39 Å². The summed E-state index contributed by atoms with van der Waals surface area (Å²) < 4.78 is 11.2. The van der Waals surface area contributed by atoms with E-state index >= 15 is 0 Å².